The first-order chi connectivity index (χ1) is 1.73. The van der Waals surface area contributed by atoms with E-state index in [2.05, 4.69) is 0 Å². The molecule has 0 radical (unpaired) electrons. The third kappa shape index (κ3) is 85.1. The molecule has 0 N–H and O–H groups in total. The summed E-state index contributed by atoms with van der Waals surface area (Å²) in [7, 11) is 0. The van der Waals surface area contributed by atoms with E-state index in [1.807, 2.05) is 0 Å². The summed E-state index contributed by atoms with van der Waals surface area (Å²) < 4.78 is 25.8. The third-order valence-corrected chi connectivity index (χ3v) is 0. The molecule has 0 atom stereocenters. The Morgan fingerprint density at radius 1 is 1.14 bits per heavy atom. The number of rotatable bonds is 0. The minimum Gasteiger partial charge on any atom is 2.00 e. The first kappa shape index (κ1) is 23.3. The molecular formula is O4SnZn2. The summed E-state index contributed by atoms with van der Waals surface area (Å²) in [4.78, 5) is 0. The van der Waals surface area contributed by atoms with Crippen molar-refractivity contribution in [2.75, 3.05) is 0 Å². The third-order valence-electron chi connectivity index (χ3n) is 0. The minimum atomic E-state index is -4.29. The van der Waals surface area contributed by atoms with Crippen molar-refractivity contribution in [3.8, 4) is 0 Å². The number of hydrogen-bond acceptors (Lipinski definition) is 3. The second-order valence-electron chi connectivity index (χ2n) is 0.250. The van der Waals surface area contributed by atoms with Crippen LogP contribution < -0.4 is 6.89 Å². The predicted octanol–water partition coefficient (Wildman–Crippen LogP) is -3.00. The summed E-state index contributed by atoms with van der Waals surface area (Å²) in [5.41, 5.74) is 0. The van der Waals surface area contributed by atoms with E-state index >= 15 is 0 Å². The maximum atomic E-state index is 8.61. The van der Waals surface area contributed by atoms with Crippen LogP contribution in [0.15, 0.2) is 0 Å². The summed E-state index contributed by atoms with van der Waals surface area (Å²) >= 11 is -4.29. The van der Waals surface area contributed by atoms with Gasteiger partial charge in [0, 0.05) is 0 Å². The Morgan fingerprint density at radius 3 is 1.14 bits per heavy atom. The van der Waals surface area contributed by atoms with Crippen LogP contribution >= 0.6 is 0 Å². The quantitative estimate of drug-likeness (QED) is 0.446. The van der Waals surface area contributed by atoms with E-state index < -0.39 is 20.6 Å². The van der Waals surface area contributed by atoms with Gasteiger partial charge in [0.2, 0.25) is 0 Å². The summed E-state index contributed by atoms with van der Waals surface area (Å²) in [6.07, 6.45) is 0. The predicted molar refractivity (Wildman–Crippen MR) is 7.13 cm³/mol. The van der Waals surface area contributed by atoms with Crippen LogP contribution in [-0.2, 0) is 47.5 Å². The van der Waals surface area contributed by atoms with Gasteiger partial charge in [0.1, 0.15) is 0 Å². The van der Waals surface area contributed by atoms with E-state index in [1.165, 1.54) is 0 Å². The van der Waals surface area contributed by atoms with Crippen LogP contribution in [0.1, 0.15) is 0 Å². The van der Waals surface area contributed by atoms with E-state index in [0.717, 1.165) is 0 Å². The van der Waals surface area contributed by atoms with Crippen molar-refractivity contribution in [1.82, 2.24) is 0 Å². The summed E-state index contributed by atoms with van der Waals surface area (Å²) in [6, 6.07) is 0. The molecule has 0 amide bonds. The Labute approximate surface area is 74.3 Å². The van der Waals surface area contributed by atoms with Gasteiger partial charge < -0.3 is 5.48 Å². The largest absolute Gasteiger partial charge is 2.00 e. The molecule has 32 valence electrons. The van der Waals surface area contributed by atoms with Crippen molar-refractivity contribution in [2.45, 2.75) is 0 Å². The van der Waals surface area contributed by atoms with Crippen molar-refractivity contribution in [3.05, 3.63) is 0 Å². The average molecular weight is 313 g/mol. The normalized spacial score (nSPS) is 3.71. The Balaban J connectivity index is -0.0000000150. The second-order valence-corrected chi connectivity index (χ2v) is 1.68. The molecule has 0 aromatic heterocycles. The van der Waals surface area contributed by atoms with Crippen LogP contribution in [0.3, 0.4) is 0 Å². The summed E-state index contributed by atoms with van der Waals surface area (Å²) in [5, 5.41) is 0. The molecule has 0 aromatic rings. The van der Waals surface area contributed by atoms with E-state index in [4.69, 9.17) is 9.96 Å². The van der Waals surface area contributed by atoms with Gasteiger partial charge in [0.15, 0.2) is 0 Å². The average Bonchev–Trinajstić information content (AvgIpc) is 0.811. The van der Waals surface area contributed by atoms with Gasteiger partial charge in [0.25, 0.3) is 0 Å². The van der Waals surface area contributed by atoms with Crippen LogP contribution in [0, 0.1) is 0 Å². The van der Waals surface area contributed by atoms with Gasteiger partial charge >= 0.3 is 69.5 Å². The van der Waals surface area contributed by atoms with Gasteiger partial charge in [-0.2, -0.15) is 0 Å². The van der Waals surface area contributed by atoms with Crippen LogP contribution in [0.25, 0.3) is 0 Å². The molecule has 0 aliphatic carbocycles. The molecule has 0 heterocycles. The summed E-state index contributed by atoms with van der Waals surface area (Å²) in [6.45, 7) is 0. The smallest absolute Gasteiger partial charge is 2.00 e. The topological polar surface area (TPSA) is 91.7 Å². The molecule has 0 spiro atoms. The van der Waals surface area contributed by atoms with Crippen LogP contribution in [0.4, 0.5) is 0 Å². The molecule has 0 aliphatic heterocycles. The van der Waals surface area contributed by atoms with Gasteiger partial charge in [-0.1, -0.05) is 0 Å². The molecule has 0 bridgehead atoms. The Bertz CT molecular complexity index is 32.7. The molecule has 0 aromatic carbocycles. The van der Waals surface area contributed by atoms with Crippen LogP contribution in [0.5, 0.6) is 0 Å². The molecule has 0 saturated carbocycles. The Kier molecular flexibility index (Phi) is 52.1. The first-order valence-electron chi connectivity index (χ1n) is 0.612. The molecule has 4 nitrogen and oxygen atoms in total. The van der Waals surface area contributed by atoms with E-state index in [0.29, 0.717) is 0 Å². The molecule has 0 aliphatic rings. The monoisotopic (exact) mass is 312 g/mol. The van der Waals surface area contributed by atoms with Crippen LogP contribution in [-0.4, -0.2) is 20.6 Å². The van der Waals surface area contributed by atoms with Gasteiger partial charge in [-0.05, 0) is 0 Å². The van der Waals surface area contributed by atoms with E-state index in [9.17, 15) is 0 Å². The fourth-order valence-corrected chi connectivity index (χ4v) is 0. The molecule has 0 rings (SSSR count). The van der Waals surface area contributed by atoms with Crippen molar-refractivity contribution in [2.24, 2.45) is 0 Å². The summed E-state index contributed by atoms with van der Waals surface area (Å²) in [5.74, 6) is 0. The SMILES string of the molecule is [O-2].[O]=[Sn]([O-])[O-].[Zn+2].[Zn+2]. The first-order valence-corrected chi connectivity index (χ1v) is 4.11. The van der Waals surface area contributed by atoms with Crippen molar-refractivity contribution in [3.63, 3.8) is 0 Å². The molecule has 0 unspecified atom stereocenters. The van der Waals surface area contributed by atoms with Crippen molar-refractivity contribution in [1.29, 1.82) is 0 Å². The molecule has 0 fully saturated rings. The van der Waals surface area contributed by atoms with Gasteiger partial charge in [-0.3, -0.25) is 0 Å². The zero-order chi connectivity index (χ0) is 3.58. The van der Waals surface area contributed by atoms with Crippen molar-refractivity contribution < 1.29 is 54.4 Å². The maximum absolute atomic E-state index is 8.61. The Morgan fingerprint density at radius 2 is 1.14 bits per heavy atom. The minimum absolute atomic E-state index is 0. The van der Waals surface area contributed by atoms with Gasteiger partial charge in [-0.15, -0.1) is 0 Å². The second kappa shape index (κ2) is 15.6. The van der Waals surface area contributed by atoms with Gasteiger partial charge in [-0.25, -0.2) is 0 Å². The molecule has 0 saturated heterocycles. The Hall–Kier alpha value is 1.73. The standard InChI is InChI=1S/4O.Sn.2Zn/q;-2;2*-1;;2*+2. The zero-order valence-corrected chi connectivity index (χ0v) is 12.3. The van der Waals surface area contributed by atoms with E-state index in [-0.39, 0.29) is 44.4 Å². The fraction of sp³-hybridized carbons (Fsp3) is 0. The van der Waals surface area contributed by atoms with E-state index in [1.54, 1.807) is 0 Å². The molecule has 7 heteroatoms. The van der Waals surface area contributed by atoms with Crippen molar-refractivity contribution >= 4 is 20.6 Å². The van der Waals surface area contributed by atoms with Crippen LogP contribution in [0.2, 0.25) is 0 Å². The fourth-order valence-electron chi connectivity index (χ4n) is 0. The van der Waals surface area contributed by atoms with Gasteiger partial charge in [0.05, 0.1) is 0 Å². The zero-order valence-electron chi connectivity index (χ0n) is 3.55. The number of hydrogen-bond donors (Lipinski definition) is 0. The molecule has 7 heavy (non-hydrogen) atoms. The maximum Gasteiger partial charge on any atom is 2.00 e. The molecular weight excluding hydrogens is 313 g/mol.